The second-order valence-corrected chi connectivity index (χ2v) is 11.1. The normalized spacial score (nSPS) is 12.4. The minimum absolute atomic E-state index is 0.701. The average molecular weight is 564 g/mol. The van der Waals surface area contributed by atoms with E-state index in [2.05, 4.69) is 108 Å². The van der Waals surface area contributed by atoms with Crippen LogP contribution in [0.4, 0.5) is 11.4 Å². The van der Waals surface area contributed by atoms with Crippen LogP contribution in [-0.2, 0) is 0 Å². The summed E-state index contributed by atoms with van der Waals surface area (Å²) in [5.41, 5.74) is 10.1. The van der Waals surface area contributed by atoms with Crippen molar-refractivity contribution >= 4 is 50.2 Å². The van der Waals surface area contributed by atoms with Crippen molar-refractivity contribution in [3.63, 3.8) is 0 Å². The number of anilines is 2. The number of aromatic nitrogens is 2. The van der Waals surface area contributed by atoms with Crippen LogP contribution in [0.3, 0.4) is 0 Å². The van der Waals surface area contributed by atoms with Crippen LogP contribution < -0.4 is 4.90 Å². The average Bonchev–Trinajstić information content (AvgIpc) is 3.48. The molecule has 0 bridgehead atoms. The summed E-state index contributed by atoms with van der Waals surface area (Å²) in [4.78, 5) is 12.3. The Morgan fingerprint density at radius 2 is 1.20 bits per heavy atom. The van der Waals surface area contributed by atoms with Gasteiger partial charge in [0, 0.05) is 44.7 Å². The highest BCUT2D eigenvalue weighted by Gasteiger charge is 2.21. The quantitative estimate of drug-likeness (QED) is 0.214. The van der Waals surface area contributed by atoms with Crippen molar-refractivity contribution in [1.29, 1.82) is 0 Å². The molecular weight excluding hydrogens is 538 g/mol. The first-order chi connectivity index (χ1) is 21.8. The fraction of sp³-hybridized carbons (Fsp3) is 0. The fourth-order valence-electron chi connectivity index (χ4n) is 6.36. The molecule has 3 heterocycles. The molecule has 8 aromatic rings. The zero-order valence-corrected chi connectivity index (χ0v) is 23.7. The van der Waals surface area contributed by atoms with E-state index in [1.165, 1.54) is 10.9 Å². The molecule has 0 saturated heterocycles. The summed E-state index contributed by atoms with van der Waals surface area (Å²) in [6.45, 7) is 0. The maximum atomic E-state index is 6.25. The first kappa shape index (κ1) is 24.6. The van der Waals surface area contributed by atoms with E-state index < -0.39 is 0 Å². The van der Waals surface area contributed by atoms with E-state index in [1.54, 1.807) is 0 Å². The van der Waals surface area contributed by atoms with E-state index >= 15 is 0 Å². The second kappa shape index (κ2) is 9.79. The van der Waals surface area contributed by atoms with E-state index in [1.807, 2.05) is 48.5 Å². The molecule has 1 aliphatic rings. The smallest absolute Gasteiger partial charge is 0.160 e. The molecule has 0 unspecified atom stereocenters. The highest BCUT2D eigenvalue weighted by molar-refractivity contribution is 6.20. The number of rotatable bonds is 4. The van der Waals surface area contributed by atoms with Gasteiger partial charge in [0.15, 0.2) is 5.82 Å². The van der Waals surface area contributed by atoms with E-state index in [0.29, 0.717) is 5.82 Å². The lowest BCUT2D eigenvalue weighted by molar-refractivity contribution is 0.669. The van der Waals surface area contributed by atoms with Crippen LogP contribution in [0.25, 0.3) is 72.7 Å². The first-order valence-electron chi connectivity index (χ1n) is 14.7. The van der Waals surface area contributed by atoms with Crippen LogP contribution >= 0.6 is 0 Å². The molecule has 0 amide bonds. The minimum atomic E-state index is 0.701. The molecule has 4 heteroatoms. The maximum absolute atomic E-state index is 6.25. The summed E-state index contributed by atoms with van der Waals surface area (Å²) in [5, 5.41) is 4.69. The van der Waals surface area contributed by atoms with Crippen LogP contribution in [0.5, 0.6) is 0 Å². The number of hydrogen-bond acceptors (Lipinski definition) is 4. The van der Waals surface area contributed by atoms with Gasteiger partial charge in [0.25, 0.3) is 0 Å². The predicted molar refractivity (Wildman–Crippen MR) is 181 cm³/mol. The van der Waals surface area contributed by atoms with Gasteiger partial charge < -0.3 is 9.32 Å². The lowest BCUT2D eigenvalue weighted by Crippen LogP contribution is -2.12. The van der Waals surface area contributed by atoms with Crippen molar-refractivity contribution in [1.82, 2.24) is 9.97 Å². The summed E-state index contributed by atoms with van der Waals surface area (Å²) in [6.07, 6.45) is 4.37. The Kier molecular flexibility index (Phi) is 5.47. The number of furan rings is 1. The zero-order chi connectivity index (χ0) is 29.0. The Morgan fingerprint density at radius 3 is 1.93 bits per heavy atom. The van der Waals surface area contributed by atoms with Gasteiger partial charge in [-0.05, 0) is 65.6 Å². The second-order valence-electron chi connectivity index (χ2n) is 11.1. The molecule has 44 heavy (non-hydrogen) atoms. The van der Waals surface area contributed by atoms with Crippen molar-refractivity contribution < 1.29 is 4.42 Å². The molecule has 0 atom stereocenters. The molecule has 0 aliphatic carbocycles. The van der Waals surface area contributed by atoms with Gasteiger partial charge in [0.2, 0.25) is 0 Å². The summed E-state index contributed by atoms with van der Waals surface area (Å²) >= 11 is 0. The Morgan fingerprint density at radius 1 is 0.523 bits per heavy atom. The minimum Gasteiger partial charge on any atom is -0.456 e. The van der Waals surface area contributed by atoms with Gasteiger partial charge in [0.05, 0.1) is 17.1 Å². The third kappa shape index (κ3) is 3.92. The number of benzene rings is 6. The summed E-state index contributed by atoms with van der Waals surface area (Å²) in [6, 6.07) is 48.1. The highest BCUT2D eigenvalue weighted by Crippen LogP contribution is 2.44. The van der Waals surface area contributed by atoms with Crippen LogP contribution in [0.2, 0.25) is 0 Å². The topological polar surface area (TPSA) is 42.2 Å². The molecule has 0 spiro atoms. The predicted octanol–water partition coefficient (Wildman–Crippen LogP) is 10.7. The number of nitrogens with zero attached hydrogens (tertiary/aromatic N) is 3. The molecule has 9 rings (SSSR count). The Hall–Kier alpha value is -6.00. The molecular formula is C40H25N3O. The molecule has 0 fully saturated rings. The molecule has 4 nitrogen and oxygen atoms in total. The summed E-state index contributed by atoms with van der Waals surface area (Å²) < 4.78 is 6.25. The molecule has 1 aliphatic heterocycles. The van der Waals surface area contributed by atoms with E-state index in [4.69, 9.17) is 14.4 Å². The highest BCUT2D eigenvalue weighted by atomic mass is 16.3. The number of fused-ring (bicyclic) bond motifs is 4. The van der Waals surface area contributed by atoms with Gasteiger partial charge in [-0.3, -0.25) is 0 Å². The van der Waals surface area contributed by atoms with Gasteiger partial charge in [-0.2, -0.15) is 0 Å². The number of hydrogen-bond donors (Lipinski definition) is 0. The van der Waals surface area contributed by atoms with Crippen LogP contribution in [0.1, 0.15) is 5.56 Å². The van der Waals surface area contributed by atoms with Gasteiger partial charge >= 0.3 is 0 Å². The van der Waals surface area contributed by atoms with Crippen LogP contribution in [0, 0.1) is 0 Å². The molecule has 206 valence electrons. The van der Waals surface area contributed by atoms with Gasteiger partial charge in [-0.15, -0.1) is 0 Å². The monoisotopic (exact) mass is 563 g/mol. The van der Waals surface area contributed by atoms with E-state index in [0.717, 1.165) is 66.8 Å². The zero-order valence-electron chi connectivity index (χ0n) is 23.7. The van der Waals surface area contributed by atoms with Crippen molar-refractivity contribution in [2.75, 3.05) is 4.90 Å². The Balaban J connectivity index is 1.14. The fourth-order valence-corrected chi connectivity index (χ4v) is 6.36. The van der Waals surface area contributed by atoms with Gasteiger partial charge in [-0.1, -0.05) is 91.0 Å². The SMILES string of the molecule is C1=CN(c2ccc(-c3nc(-c4ccccc4)cc(-c4ccccc4)n3)cc2)c2cccc3cc4oc5ccccc5c4c1c23. The summed E-state index contributed by atoms with van der Waals surface area (Å²) in [5.74, 6) is 0.701. The Bertz CT molecular complexity index is 2320. The van der Waals surface area contributed by atoms with E-state index in [-0.39, 0.29) is 0 Å². The Labute approximate surface area is 254 Å². The van der Waals surface area contributed by atoms with Crippen molar-refractivity contribution in [2.24, 2.45) is 0 Å². The molecule has 0 radical (unpaired) electrons. The van der Waals surface area contributed by atoms with E-state index in [9.17, 15) is 0 Å². The summed E-state index contributed by atoms with van der Waals surface area (Å²) in [7, 11) is 0. The molecule has 0 saturated carbocycles. The standard InChI is InChI=1S/C40H25N3O/c1-3-10-26(11-4-1)33-25-34(27-12-5-2-6-13-27)42-40(41-33)28-18-20-30(21-19-28)43-23-22-32-38-29(14-9-16-35(38)43)24-37-39(32)31-15-7-8-17-36(31)44-37/h1-25H. The van der Waals surface area contributed by atoms with Crippen molar-refractivity contribution in [3.8, 4) is 33.9 Å². The lowest BCUT2D eigenvalue weighted by atomic mass is 9.94. The maximum Gasteiger partial charge on any atom is 0.160 e. The first-order valence-corrected chi connectivity index (χ1v) is 14.7. The van der Waals surface area contributed by atoms with Crippen LogP contribution in [-0.4, -0.2) is 9.97 Å². The van der Waals surface area contributed by atoms with Crippen molar-refractivity contribution in [3.05, 3.63) is 151 Å². The number of para-hydroxylation sites is 1. The molecule has 6 aromatic carbocycles. The largest absolute Gasteiger partial charge is 0.456 e. The lowest BCUT2D eigenvalue weighted by Gasteiger charge is -2.27. The molecule has 2 aromatic heterocycles. The van der Waals surface area contributed by atoms with Gasteiger partial charge in [0.1, 0.15) is 11.2 Å². The molecule has 0 N–H and O–H groups in total. The van der Waals surface area contributed by atoms with Crippen molar-refractivity contribution in [2.45, 2.75) is 0 Å². The third-order valence-electron chi connectivity index (χ3n) is 8.44. The van der Waals surface area contributed by atoms with Gasteiger partial charge in [-0.25, -0.2) is 9.97 Å². The van der Waals surface area contributed by atoms with Crippen LogP contribution in [0.15, 0.2) is 150 Å². The third-order valence-corrected chi connectivity index (χ3v) is 8.44.